The molecule has 0 aromatic heterocycles. The molecule has 5 nitrogen and oxygen atoms in total. The van der Waals surface area contributed by atoms with Crippen LogP contribution in [0.3, 0.4) is 0 Å². The van der Waals surface area contributed by atoms with Gasteiger partial charge in [-0.3, -0.25) is 14.6 Å². The predicted octanol–water partition coefficient (Wildman–Crippen LogP) is 4.35. The number of nitrogens with one attached hydrogen (secondary N) is 1. The summed E-state index contributed by atoms with van der Waals surface area (Å²) in [6.07, 6.45) is 4.32. The van der Waals surface area contributed by atoms with E-state index in [1.165, 1.54) is 5.56 Å². The van der Waals surface area contributed by atoms with E-state index in [9.17, 15) is 4.79 Å². The van der Waals surface area contributed by atoms with Crippen LogP contribution in [0.5, 0.6) is 0 Å². The first-order chi connectivity index (χ1) is 15.7. The van der Waals surface area contributed by atoms with Crippen LogP contribution in [0.4, 0.5) is 11.4 Å². The summed E-state index contributed by atoms with van der Waals surface area (Å²) in [7, 11) is 0. The predicted molar refractivity (Wildman–Crippen MR) is 132 cm³/mol. The molecule has 1 saturated heterocycles. The number of nitrogens with zero attached hydrogens (tertiary/aromatic N) is 2. The SMILES string of the molecule is Nc1ccccc1NC(=O)c1ccc(C=CCN2CCN(Cc3ccccc3)CC2)cc1. The van der Waals surface area contributed by atoms with Crippen molar-refractivity contribution in [1.29, 1.82) is 0 Å². The van der Waals surface area contributed by atoms with Crippen molar-refractivity contribution in [1.82, 2.24) is 9.80 Å². The quantitative estimate of drug-likeness (QED) is 0.552. The molecule has 32 heavy (non-hydrogen) atoms. The second-order valence-corrected chi connectivity index (χ2v) is 8.13. The van der Waals surface area contributed by atoms with Crippen LogP contribution in [0.2, 0.25) is 0 Å². The van der Waals surface area contributed by atoms with E-state index >= 15 is 0 Å². The van der Waals surface area contributed by atoms with Gasteiger partial charge in [0.05, 0.1) is 11.4 Å². The second kappa shape index (κ2) is 10.8. The fourth-order valence-corrected chi connectivity index (χ4v) is 3.86. The summed E-state index contributed by atoms with van der Waals surface area (Å²) in [4.78, 5) is 17.4. The Balaban J connectivity index is 1.22. The maximum atomic E-state index is 12.4. The van der Waals surface area contributed by atoms with Gasteiger partial charge in [0.2, 0.25) is 0 Å². The van der Waals surface area contributed by atoms with E-state index in [-0.39, 0.29) is 5.91 Å². The number of nitrogen functional groups attached to an aromatic ring is 1. The number of piperazine rings is 1. The summed E-state index contributed by atoms with van der Waals surface area (Å²) in [5.41, 5.74) is 10.2. The van der Waals surface area contributed by atoms with Crippen LogP contribution in [0.1, 0.15) is 21.5 Å². The third-order valence-corrected chi connectivity index (χ3v) is 5.77. The molecule has 3 aromatic rings. The van der Waals surface area contributed by atoms with Crippen molar-refractivity contribution >= 4 is 23.4 Å². The highest BCUT2D eigenvalue weighted by atomic mass is 16.1. The number of carbonyl (C=O) groups is 1. The standard InChI is InChI=1S/C27H30N4O/c28-25-10-4-5-11-26(25)29-27(32)24-14-12-22(13-15-24)9-6-16-30-17-19-31(20-18-30)21-23-7-2-1-3-8-23/h1-15H,16-21,28H2,(H,29,32). The second-order valence-electron chi connectivity index (χ2n) is 8.13. The number of benzene rings is 3. The van der Waals surface area contributed by atoms with E-state index in [0.717, 1.165) is 44.8 Å². The summed E-state index contributed by atoms with van der Waals surface area (Å²) in [6, 6.07) is 25.6. The number of carbonyl (C=O) groups excluding carboxylic acids is 1. The number of hydrogen-bond donors (Lipinski definition) is 2. The van der Waals surface area contributed by atoms with Crippen molar-refractivity contribution in [3.05, 3.63) is 102 Å². The minimum absolute atomic E-state index is 0.160. The zero-order valence-electron chi connectivity index (χ0n) is 18.3. The number of para-hydroxylation sites is 2. The highest BCUT2D eigenvalue weighted by Crippen LogP contribution is 2.18. The average molecular weight is 427 g/mol. The van der Waals surface area contributed by atoms with Crippen molar-refractivity contribution in [2.24, 2.45) is 0 Å². The third-order valence-electron chi connectivity index (χ3n) is 5.77. The topological polar surface area (TPSA) is 61.6 Å². The molecule has 5 heteroatoms. The first-order valence-corrected chi connectivity index (χ1v) is 11.1. The molecule has 1 aliphatic rings. The van der Waals surface area contributed by atoms with Crippen molar-refractivity contribution < 1.29 is 4.79 Å². The largest absolute Gasteiger partial charge is 0.397 e. The molecule has 1 heterocycles. The zero-order chi connectivity index (χ0) is 22.2. The minimum atomic E-state index is -0.160. The number of amides is 1. The summed E-state index contributed by atoms with van der Waals surface area (Å²) in [5.74, 6) is -0.160. The Morgan fingerprint density at radius 1 is 0.844 bits per heavy atom. The molecule has 0 bridgehead atoms. The Kier molecular flexibility index (Phi) is 7.33. The number of rotatable bonds is 7. The van der Waals surface area contributed by atoms with Crippen molar-refractivity contribution in [3.8, 4) is 0 Å². The molecular weight excluding hydrogens is 396 g/mol. The van der Waals surface area contributed by atoms with E-state index in [1.807, 2.05) is 36.4 Å². The van der Waals surface area contributed by atoms with E-state index in [0.29, 0.717) is 16.9 Å². The van der Waals surface area contributed by atoms with E-state index in [4.69, 9.17) is 5.73 Å². The van der Waals surface area contributed by atoms with Crippen LogP contribution in [-0.4, -0.2) is 48.4 Å². The molecule has 1 amide bonds. The van der Waals surface area contributed by atoms with Gasteiger partial charge in [-0.1, -0.05) is 66.7 Å². The van der Waals surface area contributed by atoms with Crippen molar-refractivity contribution in [2.45, 2.75) is 6.54 Å². The first-order valence-electron chi connectivity index (χ1n) is 11.1. The molecule has 3 aromatic carbocycles. The van der Waals surface area contributed by atoms with Crippen molar-refractivity contribution in [3.63, 3.8) is 0 Å². The highest BCUT2D eigenvalue weighted by molar-refractivity contribution is 6.05. The smallest absolute Gasteiger partial charge is 0.255 e. The van der Waals surface area contributed by atoms with E-state index in [1.54, 1.807) is 12.1 Å². The van der Waals surface area contributed by atoms with Gasteiger partial charge in [0.25, 0.3) is 5.91 Å². The van der Waals surface area contributed by atoms with Crippen LogP contribution in [0.15, 0.2) is 84.9 Å². The first kappa shape index (κ1) is 21.8. The molecule has 0 radical (unpaired) electrons. The molecular formula is C27H30N4O. The number of nitrogens with two attached hydrogens (primary N) is 1. The Bertz CT molecular complexity index is 1040. The minimum Gasteiger partial charge on any atom is -0.397 e. The summed E-state index contributed by atoms with van der Waals surface area (Å²) >= 11 is 0. The highest BCUT2D eigenvalue weighted by Gasteiger charge is 2.15. The molecule has 1 fully saturated rings. The lowest BCUT2D eigenvalue weighted by molar-refractivity contribution is 0.102. The van der Waals surface area contributed by atoms with E-state index < -0.39 is 0 Å². The van der Waals surface area contributed by atoms with Gasteiger partial charge in [-0.2, -0.15) is 0 Å². The molecule has 4 rings (SSSR count). The molecule has 0 atom stereocenters. The number of hydrogen-bond acceptors (Lipinski definition) is 4. The fourth-order valence-electron chi connectivity index (χ4n) is 3.86. The summed E-state index contributed by atoms with van der Waals surface area (Å²) < 4.78 is 0. The summed E-state index contributed by atoms with van der Waals surface area (Å²) in [6.45, 7) is 6.32. The van der Waals surface area contributed by atoms with Gasteiger partial charge in [-0.15, -0.1) is 0 Å². The Labute approximate surface area is 190 Å². The van der Waals surface area contributed by atoms with Crippen LogP contribution >= 0.6 is 0 Å². The van der Waals surface area contributed by atoms with Crippen molar-refractivity contribution in [2.75, 3.05) is 43.8 Å². The molecule has 0 unspecified atom stereocenters. The lowest BCUT2D eigenvalue weighted by Crippen LogP contribution is -2.45. The molecule has 164 valence electrons. The number of anilines is 2. The maximum Gasteiger partial charge on any atom is 0.255 e. The van der Waals surface area contributed by atoms with Gasteiger partial charge >= 0.3 is 0 Å². The molecule has 1 aliphatic heterocycles. The average Bonchev–Trinajstić information content (AvgIpc) is 2.83. The Morgan fingerprint density at radius 2 is 1.50 bits per heavy atom. The zero-order valence-corrected chi connectivity index (χ0v) is 18.3. The molecule has 3 N–H and O–H groups in total. The van der Waals surface area contributed by atoms with Gasteiger partial charge in [0, 0.05) is 44.8 Å². The van der Waals surface area contributed by atoms with Crippen LogP contribution in [-0.2, 0) is 6.54 Å². The van der Waals surface area contributed by atoms with Gasteiger partial charge < -0.3 is 11.1 Å². The van der Waals surface area contributed by atoms with Crippen LogP contribution in [0, 0.1) is 0 Å². The maximum absolute atomic E-state index is 12.4. The molecule has 0 aliphatic carbocycles. The monoisotopic (exact) mass is 426 g/mol. The van der Waals surface area contributed by atoms with Gasteiger partial charge in [-0.05, 0) is 35.4 Å². The Morgan fingerprint density at radius 3 is 2.22 bits per heavy atom. The molecule has 0 saturated carbocycles. The van der Waals surface area contributed by atoms with E-state index in [2.05, 4.69) is 57.6 Å². The fraction of sp³-hybridized carbons (Fsp3) is 0.222. The lowest BCUT2D eigenvalue weighted by Gasteiger charge is -2.34. The normalized spacial score (nSPS) is 15.1. The van der Waals surface area contributed by atoms with Crippen LogP contribution < -0.4 is 11.1 Å². The van der Waals surface area contributed by atoms with Gasteiger partial charge in [0.15, 0.2) is 0 Å². The van der Waals surface area contributed by atoms with Crippen LogP contribution in [0.25, 0.3) is 6.08 Å². The summed E-state index contributed by atoms with van der Waals surface area (Å²) in [5, 5.41) is 2.86. The van der Waals surface area contributed by atoms with Gasteiger partial charge in [0.1, 0.15) is 0 Å². The van der Waals surface area contributed by atoms with Gasteiger partial charge in [-0.25, -0.2) is 0 Å². The lowest BCUT2D eigenvalue weighted by atomic mass is 10.1. The third kappa shape index (κ3) is 6.06. The Hall–Kier alpha value is -3.41. The molecule has 0 spiro atoms.